The van der Waals surface area contributed by atoms with E-state index in [-0.39, 0.29) is 6.79 Å². The predicted octanol–water partition coefficient (Wildman–Crippen LogP) is 4.05. The van der Waals surface area contributed by atoms with Crippen molar-refractivity contribution in [1.82, 2.24) is 4.98 Å². The van der Waals surface area contributed by atoms with E-state index in [1.807, 2.05) is 35.0 Å². The standard InChI is InChI=1S/C15H11N3O2S2/c1-2-14(21-5-1)11-8-22-15(17-11)18-16-7-10-3-4-12-13(6-10)20-9-19-12/h1-8H,9H2,(H,17,18)/b16-7+. The number of rotatable bonds is 4. The Labute approximate surface area is 134 Å². The van der Waals surface area contributed by atoms with E-state index in [0.29, 0.717) is 0 Å². The van der Waals surface area contributed by atoms with Crippen LogP contribution in [0.25, 0.3) is 10.6 Å². The van der Waals surface area contributed by atoms with Crippen molar-refractivity contribution in [3.05, 3.63) is 46.7 Å². The van der Waals surface area contributed by atoms with Gasteiger partial charge in [0.1, 0.15) is 0 Å². The quantitative estimate of drug-likeness (QED) is 0.579. The Morgan fingerprint density at radius 3 is 3.05 bits per heavy atom. The van der Waals surface area contributed by atoms with E-state index >= 15 is 0 Å². The maximum absolute atomic E-state index is 5.33. The van der Waals surface area contributed by atoms with Gasteiger partial charge in [-0.15, -0.1) is 22.7 Å². The lowest BCUT2D eigenvalue weighted by Crippen LogP contribution is -1.93. The number of nitrogens with zero attached hydrogens (tertiary/aromatic N) is 2. The fourth-order valence-corrected chi connectivity index (χ4v) is 3.44. The second kappa shape index (κ2) is 5.78. The van der Waals surface area contributed by atoms with E-state index in [9.17, 15) is 0 Å². The molecule has 1 aliphatic heterocycles. The number of hydrazone groups is 1. The molecule has 4 rings (SSSR count). The smallest absolute Gasteiger partial charge is 0.231 e. The molecule has 1 N–H and O–H groups in total. The third-order valence-electron chi connectivity index (χ3n) is 3.05. The maximum atomic E-state index is 5.33. The van der Waals surface area contributed by atoms with Gasteiger partial charge in [-0.2, -0.15) is 5.10 Å². The number of aromatic nitrogens is 1. The number of thiophene rings is 1. The van der Waals surface area contributed by atoms with Gasteiger partial charge < -0.3 is 9.47 Å². The highest BCUT2D eigenvalue weighted by Gasteiger charge is 2.12. The van der Waals surface area contributed by atoms with Crippen molar-refractivity contribution >= 4 is 34.0 Å². The molecule has 0 fully saturated rings. The monoisotopic (exact) mass is 329 g/mol. The average molecular weight is 329 g/mol. The highest BCUT2D eigenvalue weighted by molar-refractivity contribution is 7.15. The summed E-state index contributed by atoms with van der Waals surface area (Å²) in [5.74, 6) is 1.52. The molecule has 0 spiro atoms. The van der Waals surface area contributed by atoms with Gasteiger partial charge in [-0.25, -0.2) is 4.98 Å². The van der Waals surface area contributed by atoms with Crippen molar-refractivity contribution in [2.45, 2.75) is 0 Å². The largest absolute Gasteiger partial charge is 0.454 e. The Kier molecular flexibility index (Phi) is 3.49. The number of ether oxygens (including phenoxy) is 2. The lowest BCUT2D eigenvalue weighted by atomic mass is 10.2. The highest BCUT2D eigenvalue weighted by Crippen LogP contribution is 2.32. The SMILES string of the molecule is C(=N\Nc1nc(-c2cccs2)cs1)/c1ccc2c(c1)OCO2. The number of benzene rings is 1. The Morgan fingerprint density at radius 1 is 1.18 bits per heavy atom. The molecule has 0 saturated heterocycles. The predicted molar refractivity (Wildman–Crippen MR) is 89.2 cm³/mol. The maximum Gasteiger partial charge on any atom is 0.231 e. The zero-order chi connectivity index (χ0) is 14.8. The Bertz CT molecular complexity index is 812. The van der Waals surface area contributed by atoms with Gasteiger partial charge in [-0.1, -0.05) is 6.07 Å². The van der Waals surface area contributed by atoms with Gasteiger partial charge in [0.05, 0.1) is 16.8 Å². The summed E-state index contributed by atoms with van der Waals surface area (Å²) in [6.45, 7) is 0.277. The Balaban J connectivity index is 1.44. The topological polar surface area (TPSA) is 55.7 Å². The van der Waals surface area contributed by atoms with Crippen LogP contribution in [-0.2, 0) is 0 Å². The van der Waals surface area contributed by atoms with Crippen LogP contribution in [0.5, 0.6) is 11.5 Å². The minimum absolute atomic E-state index is 0.277. The van der Waals surface area contributed by atoms with Crippen LogP contribution >= 0.6 is 22.7 Å². The van der Waals surface area contributed by atoms with Crippen LogP contribution in [0.4, 0.5) is 5.13 Å². The highest BCUT2D eigenvalue weighted by atomic mass is 32.1. The van der Waals surface area contributed by atoms with E-state index in [0.717, 1.165) is 32.8 Å². The van der Waals surface area contributed by atoms with Gasteiger partial charge in [0.15, 0.2) is 11.5 Å². The van der Waals surface area contributed by atoms with Crippen molar-refractivity contribution in [3.8, 4) is 22.1 Å². The molecule has 0 saturated carbocycles. The first-order valence-corrected chi connectivity index (χ1v) is 8.32. The lowest BCUT2D eigenvalue weighted by Gasteiger charge is -1.97. The molecule has 3 aromatic rings. The second-order valence-electron chi connectivity index (χ2n) is 4.50. The molecule has 22 heavy (non-hydrogen) atoms. The van der Waals surface area contributed by atoms with E-state index in [2.05, 4.69) is 21.6 Å². The van der Waals surface area contributed by atoms with Crippen molar-refractivity contribution in [2.24, 2.45) is 5.10 Å². The van der Waals surface area contributed by atoms with E-state index in [1.54, 1.807) is 17.6 Å². The molecule has 7 heteroatoms. The molecule has 0 aliphatic carbocycles. The summed E-state index contributed by atoms with van der Waals surface area (Å²) >= 11 is 3.20. The summed E-state index contributed by atoms with van der Waals surface area (Å²) in [6.07, 6.45) is 1.73. The minimum Gasteiger partial charge on any atom is -0.454 e. The van der Waals surface area contributed by atoms with Gasteiger partial charge >= 0.3 is 0 Å². The molecule has 0 radical (unpaired) electrons. The van der Waals surface area contributed by atoms with Gasteiger partial charge in [0.25, 0.3) is 0 Å². The van der Waals surface area contributed by atoms with Crippen LogP contribution in [0.15, 0.2) is 46.2 Å². The second-order valence-corrected chi connectivity index (χ2v) is 6.30. The van der Waals surface area contributed by atoms with Gasteiger partial charge in [-0.05, 0) is 35.2 Å². The Hall–Kier alpha value is -2.38. The fourth-order valence-electron chi connectivity index (χ4n) is 2.02. The zero-order valence-electron chi connectivity index (χ0n) is 11.4. The number of thiazole rings is 1. The molecular weight excluding hydrogens is 318 g/mol. The average Bonchev–Trinajstić information content (AvgIpc) is 3.28. The van der Waals surface area contributed by atoms with Crippen LogP contribution in [0, 0.1) is 0 Å². The first-order valence-electron chi connectivity index (χ1n) is 6.56. The fraction of sp³-hybridized carbons (Fsp3) is 0.0667. The number of nitrogens with one attached hydrogen (secondary N) is 1. The van der Waals surface area contributed by atoms with Gasteiger partial charge in [0, 0.05) is 5.38 Å². The number of hydrogen-bond acceptors (Lipinski definition) is 7. The molecule has 0 bridgehead atoms. The molecule has 0 amide bonds. The zero-order valence-corrected chi connectivity index (χ0v) is 13.0. The third kappa shape index (κ3) is 2.68. The normalized spacial score (nSPS) is 12.9. The summed E-state index contributed by atoms with van der Waals surface area (Å²) in [4.78, 5) is 5.66. The van der Waals surface area contributed by atoms with Crippen LogP contribution in [0.2, 0.25) is 0 Å². The third-order valence-corrected chi connectivity index (χ3v) is 4.69. The summed E-state index contributed by atoms with van der Waals surface area (Å²) < 4.78 is 10.6. The molecule has 2 aromatic heterocycles. The van der Waals surface area contributed by atoms with Crippen molar-refractivity contribution in [2.75, 3.05) is 12.2 Å². The Morgan fingerprint density at radius 2 is 2.14 bits per heavy atom. The summed E-state index contributed by atoms with van der Waals surface area (Å²) in [6, 6.07) is 9.77. The first-order chi connectivity index (χ1) is 10.9. The molecule has 110 valence electrons. The van der Waals surface area contributed by atoms with Crippen LogP contribution in [0.3, 0.4) is 0 Å². The van der Waals surface area contributed by atoms with Crippen molar-refractivity contribution in [1.29, 1.82) is 0 Å². The lowest BCUT2D eigenvalue weighted by molar-refractivity contribution is 0.174. The van der Waals surface area contributed by atoms with Crippen LogP contribution < -0.4 is 14.9 Å². The molecule has 3 heterocycles. The summed E-state index contributed by atoms with van der Waals surface area (Å²) in [5.41, 5.74) is 4.86. The van der Waals surface area contributed by atoms with Gasteiger partial charge in [0.2, 0.25) is 11.9 Å². The van der Waals surface area contributed by atoms with Crippen LogP contribution in [0.1, 0.15) is 5.56 Å². The summed E-state index contributed by atoms with van der Waals surface area (Å²) in [5, 5.41) is 9.04. The minimum atomic E-state index is 0.277. The van der Waals surface area contributed by atoms with E-state index in [1.165, 1.54) is 11.3 Å². The first kappa shape index (κ1) is 13.3. The molecule has 0 unspecified atom stereocenters. The van der Waals surface area contributed by atoms with Crippen LogP contribution in [-0.4, -0.2) is 18.0 Å². The van der Waals surface area contributed by atoms with E-state index < -0.39 is 0 Å². The summed E-state index contributed by atoms with van der Waals surface area (Å²) in [7, 11) is 0. The number of fused-ring (bicyclic) bond motifs is 1. The molecule has 1 aliphatic rings. The van der Waals surface area contributed by atoms with Crippen molar-refractivity contribution < 1.29 is 9.47 Å². The van der Waals surface area contributed by atoms with E-state index in [4.69, 9.17) is 9.47 Å². The number of hydrogen-bond donors (Lipinski definition) is 1. The van der Waals surface area contributed by atoms with Gasteiger partial charge in [-0.3, -0.25) is 5.43 Å². The number of anilines is 1. The molecule has 5 nitrogen and oxygen atoms in total. The molecule has 0 atom stereocenters. The molecule has 1 aromatic carbocycles. The molecular formula is C15H11N3O2S2. The van der Waals surface area contributed by atoms with Crippen molar-refractivity contribution in [3.63, 3.8) is 0 Å².